The van der Waals surface area contributed by atoms with Gasteiger partial charge in [-0.05, 0) is 29.3 Å². The summed E-state index contributed by atoms with van der Waals surface area (Å²) >= 11 is 0. The van der Waals surface area contributed by atoms with Crippen LogP contribution in [0.15, 0.2) is 48.5 Å². The molecular weight excluding hydrogens is 306 g/mol. The average molecular weight is 327 g/mol. The van der Waals surface area contributed by atoms with Gasteiger partial charge in [0.1, 0.15) is 6.17 Å². The van der Waals surface area contributed by atoms with Gasteiger partial charge in [-0.15, -0.1) is 0 Å². The molecule has 0 radical (unpaired) electrons. The predicted octanol–water partition coefficient (Wildman–Crippen LogP) is 0.986. The number of likely N-dealkylation sites (N-methyl/N-ethyl adjacent to an activating group) is 1. The molecule has 3 rings (SSSR count). The van der Waals surface area contributed by atoms with Gasteiger partial charge < -0.3 is 5.11 Å². The van der Waals surface area contributed by atoms with E-state index in [-0.39, 0.29) is 12.7 Å². The maximum atomic E-state index is 10.7. The van der Waals surface area contributed by atoms with Gasteiger partial charge in [0.2, 0.25) is 0 Å². The van der Waals surface area contributed by atoms with E-state index in [0.29, 0.717) is 6.54 Å². The van der Waals surface area contributed by atoms with Crippen LogP contribution in [-0.2, 0) is 11.3 Å². The Morgan fingerprint density at radius 1 is 1.08 bits per heavy atom. The summed E-state index contributed by atoms with van der Waals surface area (Å²) in [6.07, 6.45) is -0.0254. The van der Waals surface area contributed by atoms with Gasteiger partial charge in [-0.3, -0.25) is 9.69 Å². The molecule has 5 N–H and O–H groups in total. The van der Waals surface area contributed by atoms with Crippen LogP contribution in [0.1, 0.15) is 17.3 Å². The molecule has 0 aliphatic carbocycles. The molecule has 1 heterocycles. The highest BCUT2D eigenvalue weighted by molar-refractivity contribution is 5.69. The molecule has 126 valence electrons. The molecule has 0 saturated carbocycles. The molecule has 0 aromatic heterocycles. The molecule has 1 fully saturated rings. The Labute approximate surface area is 140 Å². The lowest BCUT2D eigenvalue weighted by Gasteiger charge is -2.16. The number of hydrogen-bond donors (Lipinski definition) is 5. The first-order valence-corrected chi connectivity index (χ1v) is 7.73. The molecule has 0 unspecified atom stereocenters. The van der Waals surface area contributed by atoms with Crippen LogP contribution in [-0.4, -0.2) is 29.6 Å². The third kappa shape index (κ3) is 3.97. The summed E-state index contributed by atoms with van der Waals surface area (Å²) in [6, 6.07) is 16.4. The fourth-order valence-electron chi connectivity index (χ4n) is 2.81. The number of aliphatic carboxylic acids is 1. The second kappa shape index (κ2) is 7.52. The van der Waals surface area contributed by atoms with Crippen molar-refractivity contribution in [2.45, 2.75) is 12.7 Å². The lowest BCUT2D eigenvalue weighted by molar-refractivity contribution is -0.138. The maximum Gasteiger partial charge on any atom is 0.317 e. The van der Waals surface area contributed by atoms with Crippen molar-refractivity contribution in [2.24, 2.45) is 0 Å². The molecular formula is C17H21N5O2. The number of nitrogens with zero attached hydrogens (tertiary/aromatic N) is 1. The van der Waals surface area contributed by atoms with E-state index in [1.807, 2.05) is 24.3 Å². The van der Waals surface area contributed by atoms with Gasteiger partial charge >= 0.3 is 5.97 Å². The van der Waals surface area contributed by atoms with Crippen LogP contribution in [0, 0.1) is 0 Å². The third-order valence-electron chi connectivity index (χ3n) is 3.89. The lowest BCUT2D eigenvalue weighted by atomic mass is 9.97. The van der Waals surface area contributed by atoms with Crippen molar-refractivity contribution in [1.29, 1.82) is 0 Å². The SMILES string of the molecule is CN(CC(=O)O)Cc1ccc(-c2ccccc2C2NNNN2)cc1. The normalized spacial score (nSPS) is 15.1. The Morgan fingerprint density at radius 3 is 2.42 bits per heavy atom. The summed E-state index contributed by atoms with van der Waals surface area (Å²) in [6.45, 7) is 0.636. The van der Waals surface area contributed by atoms with Crippen molar-refractivity contribution in [3.05, 3.63) is 59.7 Å². The zero-order valence-electron chi connectivity index (χ0n) is 13.4. The van der Waals surface area contributed by atoms with Crippen LogP contribution in [0.4, 0.5) is 0 Å². The first kappa shape index (κ1) is 16.6. The number of carbonyl (C=O) groups is 1. The molecule has 0 amide bonds. The quantitative estimate of drug-likeness (QED) is 0.541. The van der Waals surface area contributed by atoms with Crippen LogP contribution in [0.2, 0.25) is 0 Å². The number of hydrazine groups is 3. The maximum absolute atomic E-state index is 10.7. The van der Waals surface area contributed by atoms with Gasteiger partial charge in [0.25, 0.3) is 0 Å². The van der Waals surface area contributed by atoms with Crippen molar-refractivity contribution < 1.29 is 9.90 Å². The highest BCUT2D eigenvalue weighted by Crippen LogP contribution is 2.27. The van der Waals surface area contributed by atoms with Crippen molar-refractivity contribution in [2.75, 3.05) is 13.6 Å². The second-order valence-electron chi connectivity index (χ2n) is 5.82. The molecule has 2 aromatic carbocycles. The summed E-state index contributed by atoms with van der Waals surface area (Å²) in [5, 5.41) is 8.83. The zero-order valence-corrected chi connectivity index (χ0v) is 13.4. The van der Waals surface area contributed by atoms with Crippen LogP contribution < -0.4 is 21.9 Å². The Kier molecular flexibility index (Phi) is 5.19. The number of rotatable bonds is 6. The third-order valence-corrected chi connectivity index (χ3v) is 3.89. The topological polar surface area (TPSA) is 88.7 Å². The first-order valence-electron chi connectivity index (χ1n) is 7.73. The van der Waals surface area contributed by atoms with E-state index in [0.717, 1.165) is 22.3 Å². The highest BCUT2D eigenvalue weighted by atomic mass is 16.4. The number of benzene rings is 2. The van der Waals surface area contributed by atoms with Crippen LogP contribution >= 0.6 is 0 Å². The largest absolute Gasteiger partial charge is 0.480 e. The standard InChI is InChI=1S/C17H21N5O2/c1-22(11-16(23)24)10-12-6-8-13(9-7-12)14-4-2-3-5-15(14)17-18-20-21-19-17/h2-9,17-21H,10-11H2,1H3,(H,23,24). The Morgan fingerprint density at radius 2 is 1.75 bits per heavy atom. The minimum absolute atomic E-state index is 0.0254. The number of nitrogens with one attached hydrogen (secondary N) is 4. The molecule has 0 spiro atoms. The Hall–Kier alpha value is -2.29. The van der Waals surface area contributed by atoms with Gasteiger partial charge in [-0.1, -0.05) is 48.5 Å². The van der Waals surface area contributed by atoms with Gasteiger partial charge in [0, 0.05) is 6.54 Å². The van der Waals surface area contributed by atoms with E-state index in [4.69, 9.17) is 5.11 Å². The number of hydrogen-bond acceptors (Lipinski definition) is 6. The molecule has 7 nitrogen and oxygen atoms in total. The predicted molar refractivity (Wildman–Crippen MR) is 91.1 cm³/mol. The van der Waals surface area contributed by atoms with Crippen molar-refractivity contribution in [3.63, 3.8) is 0 Å². The van der Waals surface area contributed by atoms with E-state index < -0.39 is 5.97 Å². The van der Waals surface area contributed by atoms with E-state index in [1.165, 1.54) is 0 Å². The second-order valence-corrected chi connectivity index (χ2v) is 5.82. The van der Waals surface area contributed by atoms with E-state index in [9.17, 15) is 4.79 Å². The van der Waals surface area contributed by atoms with Gasteiger partial charge in [-0.2, -0.15) is 11.1 Å². The molecule has 1 saturated heterocycles. The van der Waals surface area contributed by atoms with Crippen molar-refractivity contribution >= 4 is 5.97 Å². The summed E-state index contributed by atoms with van der Waals surface area (Å²) in [7, 11) is 1.80. The van der Waals surface area contributed by atoms with E-state index in [1.54, 1.807) is 11.9 Å². The summed E-state index contributed by atoms with van der Waals surface area (Å²) < 4.78 is 0. The minimum atomic E-state index is -0.818. The average Bonchev–Trinajstić information content (AvgIpc) is 3.09. The van der Waals surface area contributed by atoms with Crippen molar-refractivity contribution in [3.8, 4) is 11.1 Å². The fraction of sp³-hybridized carbons (Fsp3) is 0.235. The van der Waals surface area contributed by atoms with E-state index >= 15 is 0 Å². The fourth-order valence-corrected chi connectivity index (χ4v) is 2.81. The summed E-state index contributed by atoms with van der Waals surface area (Å²) in [5.74, 6) is -0.818. The first-order chi connectivity index (χ1) is 11.6. The number of carboxylic acids is 1. The highest BCUT2D eigenvalue weighted by Gasteiger charge is 2.18. The Balaban J connectivity index is 1.77. The molecule has 0 atom stereocenters. The summed E-state index contributed by atoms with van der Waals surface area (Å²) in [5.41, 5.74) is 16.3. The summed E-state index contributed by atoms with van der Waals surface area (Å²) in [4.78, 5) is 12.5. The molecule has 24 heavy (non-hydrogen) atoms. The molecule has 0 bridgehead atoms. The van der Waals surface area contributed by atoms with Crippen LogP contribution in [0.25, 0.3) is 11.1 Å². The Bertz CT molecular complexity index is 698. The smallest absolute Gasteiger partial charge is 0.317 e. The van der Waals surface area contributed by atoms with Crippen molar-refractivity contribution in [1.82, 2.24) is 26.8 Å². The van der Waals surface area contributed by atoms with Gasteiger partial charge in [0.15, 0.2) is 0 Å². The molecule has 2 aromatic rings. The van der Waals surface area contributed by atoms with E-state index in [2.05, 4.69) is 46.2 Å². The minimum Gasteiger partial charge on any atom is -0.480 e. The molecule has 1 aliphatic heterocycles. The molecule has 1 aliphatic rings. The van der Waals surface area contributed by atoms with Crippen LogP contribution in [0.5, 0.6) is 0 Å². The zero-order chi connectivity index (χ0) is 16.9. The number of carboxylic acid groups (broad SMARTS) is 1. The molecule has 7 heteroatoms. The monoisotopic (exact) mass is 327 g/mol. The lowest BCUT2D eigenvalue weighted by Crippen LogP contribution is -2.33. The van der Waals surface area contributed by atoms with Gasteiger partial charge in [-0.25, -0.2) is 10.9 Å². The van der Waals surface area contributed by atoms with Crippen LogP contribution in [0.3, 0.4) is 0 Å². The van der Waals surface area contributed by atoms with Gasteiger partial charge in [0.05, 0.1) is 6.54 Å².